The minimum absolute atomic E-state index is 0.194. The molecule has 0 atom stereocenters. The van der Waals surface area contributed by atoms with Crippen LogP contribution in [0.5, 0.6) is 11.5 Å². The Balaban J connectivity index is 2.33. The second-order valence-corrected chi connectivity index (χ2v) is 7.52. The van der Waals surface area contributed by atoms with Gasteiger partial charge in [0.25, 0.3) is 0 Å². The smallest absolute Gasteiger partial charge is 0.127 e. The number of ether oxygens (including phenoxy) is 1. The van der Waals surface area contributed by atoms with Crippen molar-refractivity contribution in [3.63, 3.8) is 0 Å². The van der Waals surface area contributed by atoms with Crippen molar-refractivity contribution in [2.24, 2.45) is 0 Å². The predicted octanol–water partition coefficient (Wildman–Crippen LogP) is 5.96. The Kier molecular flexibility index (Phi) is 6.15. The largest absolute Gasteiger partial charge is 0.508 e. The zero-order chi connectivity index (χ0) is 16.9. The van der Waals surface area contributed by atoms with Crippen LogP contribution in [0.15, 0.2) is 23.8 Å². The number of benzene rings is 1. The summed E-state index contributed by atoms with van der Waals surface area (Å²) in [4.78, 5) is 0. The van der Waals surface area contributed by atoms with E-state index in [1.54, 1.807) is 0 Å². The van der Waals surface area contributed by atoms with Crippen LogP contribution in [0.25, 0.3) is 0 Å². The summed E-state index contributed by atoms with van der Waals surface area (Å²) in [5.74, 6) is 1.25. The number of hydrogen-bond acceptors (Lipinski definition) is 2. The third kappa shape index (κ3) is 5.30. The van der Waals surface area contributed by atoms with Crippen molar-refractivity contribution in [1.82, 2.24) is 0 Å². The van der Waals surface area contributed by atoms with Crippen LogP contribution in [-0.4, -0.2) is 10.7 Å². The molecule has 1 heterocycles. The number of unbranched alkanes of at least 4 members (excludes halogenated alkanes) is 2. The molecule has 0 saturated carbocycles. The van der Waals surface area contributed by atoms with Gasteiger partial charge in [-0.2, -0.15) is 0 Å². The minimum Gasteiger partial charge on any atom is -0.508 e. The Morgan fingerprint density at radius 3 is 2.74 bits per heavy atom. The van der Waals surface area contributed by atoms with Crippen LogP contribution >= 0.6 is 0 Å². The number of aromatic hydroxyl groups is 1. The maximum absolute atomic E-state index is 10.5. The highest BCUT2D eigenvalue weighted by atomic mass is 16.5. The Bertz CT molecular complexity index is 555. The summed E-state index contributed by atoms with van der Waals surface area (Å²) in [7, 11) is 0. The first kappa shape index (κ1) is 17.9. The summed E-state index contributed by atoms with van der Waals surface area (Å²) in [5, 5.41) is 10.5. The van der Waals surface area contributed by atoms with Gasteiger partial charge in [0.2, 0.25) is 0 Å². The zero-order valence-electron chi connectivity index (χ0n) is 15.2. The van der Waals surface area contributed by atoms with Gasteiger partial charge in [0, 0.05) is 5.56 Å². The van der Waals surface area contributed by atoms with Gasteiger partial charge < -0.3 is 9.84 Å². The van der Waals surface area contributed by atoms with Gasteiger partial charge in [0.1, 0.15) is 17.1 Å². The van der Waals surface area contributed by atoms with Crippen LogP contribution in [0.4, 0.5) is 0 Å². The molecule has 0 radical (unpaired) electrons. The predicted molar refractivity (Wildman–Crippen MR) is 97.4 cm³/mol. The summed E-state index contributed by atoms with van der Waals surface area (Å²) in [6.07, 6.45) is 10.9. The third-order valence-corrected chi connectivity index (χ3v) is 4.71. The van der Waals surface area contributed by atoms with Gasteiger partial charge >= 0.3 is 0 Å². The SMILES string of the molecule is CCCCCc1cc(O)c2c(c1)OC(C)(C)CCC/C(C)=C\C2. The standard InChI is InChI=1S/C21H32O2/c1-5-6-7-10-17-14-19(22)18-12-11-16(2)9-8-13-21(3,4)23-20(18)15-17/h11,14-15,22H,5-10,12-13H2,1-4H3/b16-11-. The molecule has 2 nitrogen and oxygen atoms in total. The van der Waals surface area contributed by atoms with E-state index in [1.165, 1.54) is 24.0 Å². The molecular formula is C21H32O2. The van der Waals surface area contributed by atoms with Crippen LogP contribution in [0.3, 0.4) is 0 Å². The number of hydrogen-bond donors (Lipinski definition) is 1. The van der Waals surface area contributed by atoms with Gasteiger partial charge in [-0.15, -0.1) is 0 Å². The highest BCUT2D eigenvalue weighted by Gasteiger charge is 2.23. The van der Waals surface area contributed by atoms with Crippen LogP contribution in [0, 0.1) is 0 Å². The topological polar surface area (TPSA) is 29.5 Å². The summed E-state index contributed by atoms with van der Waals surface area (Å²) in [5.41, 5.74) is 3.32. The monoisotopic (exact) mass is 316 g/mol. The summed E-state index contributed by atoms with van der Waals surface area (Å²) in [6.45, 7) is 8.70. The third-order valence-electron chi connectivity index (χ3n) is 4.71. The lowest BCUT2D eigenvalue weighted by Gasteiger charge is -2.29. The van der Waals surface area contributed by atoms with Crippen molar-refractivity contribution in [2.75, 3.05) is 0 Å². The lowest BCUT2D eigenvalue weighted by atomic mass is 9.95. The van der Waals surface area contributed by atoms with Gasteiger partial charge in [-0.1, -0.05) is 31.4 Å². The molecule has 0 fully saturated rings. The number of phenolic OH excluding ortho intramolecular Hbond substituents is 1. The first-order chi connectivity index (χ1) is 10.9. The summed E-state index contributed by atoms with van der Waals surface area (Å²) in [6, 6.07) is 4.08. The molecule has 0 bridgehead atoms. The fourth-order valence-electron chi connectivity index (χ4n) is 3.23. The molecule has 1 aromatic rings. The van der Waals surface area contributed by atoms with Crippen LogP contribution in [0.1, 0.15) is 77.3 Å². The molecule has 0 amide bonds. The highest BCUT2D eigenvalue weighted by molar-refractivity contribution is 5.49. The van der Waals surface area contributed by atoms with Crippen molar-refractivity contribution >= 4 is 0 Å². The van der Waals surface area contributed by atoms with E-state index in [4.69, 9.17) is 4.74 Å². The van der Waals surface area contributed by atoms with Crippen molar-refractivity contribution in [3.8, 4) is 11.5 Å². The molecule has 2 rings (SSSR count). The van der Waals surface area contributed by atoms with Gasteiger partial charge in [0.05, 0.1) is 0 Å². The normalized spacial score (nSPS) is 20.1. The van der Waals surface area contributed by atoms with Gasteiger partial charge in [-0.05, 0) is 77.0 Å². The Morgan fingerprint density at radius 2 is 2.00 bits per heavy atom. The number of aryl methyl sites for hydroxylation is 1. The molecule has 0 spiro atoms. The van der Waals surface area contributed by atoms with Gasteiger partial charge in [-0.25, -0.2) is 0 Å². The Labute approximate surface area is 141 Å². The molecule has 1 aliphatic heterocycles. The molecule has 0 aromatic heterocycles. The molecule has 1 aromatic carbocycles. The maximum atomic E-state index is 10.5. The summed E-state index contributed by atoms with van der Waals surface area (Å²) < 4.78 is 6.33. The number of allylic oxidation sites excluding steroid dienone is 2. The van der Waals surface area contributed by atoms with E-state index in [9.17, 15) is 5.11 Å². The molecule has 0 unspecified atom stereocenters. The lowest BCUT2D eigenvalue weighted by Crippen LogP contribution is -2.28. The summed E-state index contributed by atoms with van der Waals surface area (Å²) >= 11 is 0. The molecule has 23 heavy (non-hydrogen) atoms. The van der Waals surface area contributed by atoms with E-state index < -0.39 is 0 Å². The highest BCUT2D eigenvalue weighted by Crippen LogP contribution is 2.36. The van der Waals surface area contributed by atoms with Crippen molar-refractivity contribution in [2.45, 2.75) is 84.7 Å². The number of phenols is 1. The Hall–Kier alpha value is -1.44. The van der Waals surface area contributed by atoms with E-state index in [-0.39, 0.29) is 5.60 Å². The average molecular weight is 316 g/mol. The molecule has 0 aliphatic carbocycles. The van der Waals surface area contributed by atoms with Crippen LogP contribution < -0.4 is 4.74 Å². The van der Waals surface area contributed by atoms with Crippen molar-refractivity contribution in [1.29, 1.82) is 0 Å². The molecule has 128 valence electrons. The fraction of sp³-hybridized carbons (Fsp3) is 0.619. The number of rotatable bonds is 4. The lowest BCUT2D eigenvalue weighted by molar-refractivity contribution is 0.0952. The maximum Gasteiger partial charge on any atom is 0.127 e. The zero-order valence-corrected chi connectivity index (χ0v) is 15.2. The quantitative estimate of drug-likeness (QED) is 0.549. The first-order valence-corrected chi connectivity index (χ1v) is 9.10. The van der Waals surface area contributed by atoms with Crippen molar-refractivity contribution in [3.05, 3.63) is 34.9 Å². The van der Waals surface area contributed by atoms with E-state index in [0.717, 1.165) is 49.8 Å². The Morgan fingerprint density at radius 1 is 1.22 bits per heavy atom. The van der Waals surface area contributed by atoms with Crippen molar-refractivity contribution < 1.29 is 9.84 Å². The van der Waals surface area contributed by atoms with Crippen LogP contribution in [0.2, 0.25) is 0 Å². The van der Waals surface area contributed by atoms with E-state index in [2.05, 4.69) is 39.8 Å². The molecule has 0 saturated heterocycles. The van der Waals surface area contributed by atoms with Gasteiger partial charge in [-0.3, -0.25) is 0 Å². The first-order valence-electron chi connectivity index (χ1n) is 9.10. The van der Waals surface area contributed by atoms with E-state index in [0.29, 0.717) is 5.75 Å². The molecule has 1 N–H and O–H groups in total. The molecular weight excluding hydrogens is 284 g/mol. The molecule has 1 aliphatic rings. The van der Waals surface area contributed by atoms with E-state index in [1.807, 2.05) is 6.07 Å². The molecule has 2 heteroatoms. The second kappa shape index (κ2) is 7.90. The average Bonchev–Trinajstić information content (AvgIpc) is 2.45. The van der Waals surface area contributed by atoms with E-state index >= 15 is 0 Å². The second-order valence-electron chi connectivity index (χ2n) is 7.52. The van der Waals surface area contributed by atoms with Crippen LogP contribution in [-0.2, 0) is 12.8 Å². The minimum atomic E-state index is -0.194. The fourth-order valence-corrected chi connectivity index (χ4v) is 3.23. The van der Waals surface area contributed by atoms with Gasteiger partial charge in [0.15, 0.2) is 0 Å². The number of fused-ring (bicyclic) bond motifs is 1.